The van der Waals surface area contributed by atoms with Crippen molar-refractivity contribution in [3.63, 3.8) is 0 Å². The zero-order valence-corrected chi connectivity index (χ0v) is 25.8. The van der Waals surface area contributed by atoms with E-state index >= 15 is 0 Å². The maximum atomic E-state index is 14.2. The Kier molecular flexibility index (Phi) is 11.5. The molecule has 46 heavy (non-hydrogen) atoms. The Hall–Kier alpha value is -4.36. The lowest BCUT2D eigenvalue weighted by molar-refractivity contribution is -0.175. The van der Waals surface area contributed by atoms with Gasteiger partial charge in [0.25, 0.3) is 11.7 Å². The molecule has 4 atom stereocenters. The van der Waals surface area contributed by atoms with Crippen molar-refractivity contribution >= 4 is 35.1 Å². The first-order chi connectivity index (χ1) is 21.8. The summed E-state index contributed by atoms with van der Waals surface area (Å²) in [5.74, 6) is -5.33. The molecule has 0 bridgehead atoms. The van der Waals surface area contributed by atoms with Gasteiger partial charge >= 0.3 is 6.18 Å². The summed E-state index contributed by atoms with van der Waals surface area (Å²) in [4.78, 5) is 62.1. The summed E-state index contributed by atoms with van der Waals surface area (Å²) in [5.41, 5.74) is 1.37. The molecule has 3 amide bonds. The lowest BCUT2D eigenvalue weighted by atomic mass is 9.98. The monoisotopic (exact) mass is 659 g/mol. The van der Waals surface area contributed by atoms with Crippen molar-refractivity contribution in [2.75, 3.05) is 6.54 Å². The number of nitrogens with zero attached hydrogens (tertiary/aromatic N) is 3. The molecule has 14 heteroatoms. The molecular weight excluding hydrogens is 627 g/mol. The average Bonchev–Trinajstić information content (AvgIpc) is 3.46. The summed E-state index contributed by atoms with van der Waals surface area (Å²) in [6.07, 6.45) is -2.04. The number of hydrogen-bond acceptors (Lipinski definition) is 7. The fraction of sp³-hybridized carbons (Fsp3) is 0.375. The van der Waals surface area contributed by atoms with E-state index in [2.05, 4.69) is 20.6 Å². The molecule has 2 heterocycles. The van der Waals surface area contributed by atoms with E-state index in [0.717, 1.165) is 5.56 Å². The van der Waals surface area contributed by atoms with Crippen LogP contribution in [0.25, 0.3) is 0 Å². The molecule has 2 N–H and O–H groups in total. The van der Waals surface area contributed by atoms with Crippen molar-refractivity contribution in [1.82, 2.24) is 25.5 Å². The van der Waals surface area contributed by atoms with Crippen LogP contribution in [0.3, 0.4) is 0 Å². The average molecular weight is 660 g/mol. The number of nitrogens with one attached hydrogen (secondary N) is 2. The molecule has 0 radical (unpaired) electrons. The number of carbonyl (C=O) groups excluding carboxylic acids is 4. The Morgan fingerprint density at radius 1 is 1.02 bits per heavy atom. The SMILES string of the molecule is CC(C)C(NC(=O)[C@@H]1C[C@@H](OCc2ccccc2)CN1C(=O)C(Cc1cccc(Cl)c1)NC(=O)c1cnccn1)C(=O)C(F)(F)F. The van der Waals surface area contributed by atoms with Gasteiger partial charge in [-0.3, -0.25) is 24.2 Å². The summed E-state index contributed by atoms with van der Waals surface area (Å²) in [5, 5.41) is 5.28. The molecule has 0 saturated carbocycles. The molecule has 1 aliphatic heterocycles. The van der Waals surface area contributed by atoms with Crippen LogP contribution in [0.15, 0.2) is 73.2 Å². The predicted molar refractivity (Wildman–Crippen MR) is 161 cm³/mol. The normalized spacial score (nSPS) is 17.8. The molecule has 2 unspecified atom stereocenters. The molecule has 10 nitrogen and oxygen atoms in total. The van der Waals surface area contributed by atoms with Gasteiger partial charge in [-0.05, 0) is 29.2 Å². The van der Waals surface area contributed by atoms with Crippen molar-refractivity contribution in [1.29, 1.82) is 0 Å². The fourth-order valence-corrected chi connectivity index (χ4v) is 5.32. The van der Waals surface area contributed by atoms with Gasteiger partial charge in [-0.25, -0.2) is 4.98 Å². The van der Waals surface area contributed by atoms with Crippen LogP contribution >= 0.6 is 11.6 Å². The molecule has 244 valence electrons. The van der Waals surface area contributed by atoms with E-state index in [9.17, 15) is 32.3 Å². The molecule has 1 aliphatic rings. The van der Waals surface area contributed by atoms with E-state index in [-0.39, 0.29) is 31.7 Å². The van der Waals surface area contributed by atoms with Crippen LogP contribution in [0.5, 0.6) is 0 Å². The van der Waals surface area contributed by atoms with Gasteiger partial charge in [0.05, 0.1) is 24.9 Å². The highest BCUT2D eigenvalue weighted by molar-refractivity contribution is 6.30. The first kappa shape index (κ1) is 34.5. The summed E-state index contributed by atoms with van der Waals surface area (Å²) in [7, 11) is 0. The van der Waals surface area contributed by atoms with Gasteiger partial charge < -0.3 is 20.3 Å². The van der Waals surface area contributed by atoms with E-state index < -0.39 is 59.8 Å². The number of amides is 3. The van der Waals surface area contributed by atoms with Crippen LogP contribution in [0, 0.1) is 5.92 Å². The van der Waals surface area contributed by atoms with Crippen molar-refractivity contribution in [3.8, 4) is 0 Å². The van der Waals surface area contributed by atoms with Crippen LogP contribution in [-0.4, -0.2) is 75.3 Å². The smallest absolute Gasteiger partial charge is 0.372 e. The van der Waals surface area contributed by atoms with Crippen molar-refractivity contribution in [3.05, 3.63) is 95.0 Å². The fourth-order valence-electron chi connectivity index (χ4n) is 5.11. The molecule has 1 aromatic heterocycles. The Balaban J connectivity index is 1.63. The molecule has 1 saturated heterocycles. The first-order valence-electron chi connectivity index (χ1n) is 14.5. The van der Waals surface area contributed by atoms with Crippen LogP contribution < -0.4 is 10.6 Å². The van der Waals surface area contributed by atoms with Gasteiger partial charge in [0, 0.05) is 36.8 Å². The number of carbonyl (C=O) groups is 4. The van der Waals surface area contributed by atoms with Crippen molar-refractivity contribution in [2.45, 2.75) is 63.7 Å². The number of rotatable bonds is 12. The highest BCUT2D eigenvalue weighted by Gasteiger charge is 2.48. The second-order valence-electron chi connectivity index (χ2n) is 11.2. The third kappa shape index (κ3) is 9.10. The topological polar surface area (TPSA) is 131 Å². The largest absolute Gasteiger partial charge is 0.452 e. The van der Waals surface area contributed by atoms with Crippen LogP contribution in [-0.2, 0) is 32.1 Å². The summed E-state index contributed by atoms with van der Waals surface area (Å²) in [6, 6.07) is 11.4. The molecule has 2 aromatic carbocycles. The lowest BCUT2D eigenvalue weighted by Gasteiger charge is -2.30. The minimum absolute atomic E-state index is 0.0348. The Morgan fingerprint density at radius 3 is 2.37 bits per heavy atom. The number of ketones is 1. The highest BCUT2D eigenvalue weighted by atomic mass is 35.5. The number of halogens is 4. The summed E-state index contributed by atoms with van der Waals surface area (Å²) >= 11 is 6.16. The second kappa shape index (κ2) is 15.3. The highest BCUT2D eigenvalue weighted by Crippen LogP contribution is 2.26. The van der Waals surface area contributed by atoms with Gasteiger partial charge in [-0.2, -0.15) is 13.2 Å². The maximum Gasteiger partial charge on any atom is 0.452 e. The molecular formula is C32H33ClF3N5O5. The van der Waals surface area contributed by atoms with Crippen molar-refractivity contribution < 1.29 is 37.1 Å². The molecule has 3 aromatic rings. The van der Waals surface area contributed by atoms with Gasteiger partial charge in [0.1, 0.15) is 17.8 Å². The number of benzene rings is 2. The van der Waals surface area contributed by atoms with Gasteiger partial charge in [-0.1, -0.05) is 67.9 Å². The number of Topliss-reactive ketones (excluding diaryl/α,β-unsaturated/α-hetero) is 1. The van der Waals surface area contributed by atoms with Gasteiger partial charge in [0.2, 0.25) is 11.8 Å². The third-order valence-electron chi connectivity index (χ3n) is 7.43. The van der Waals surface area contributed by atoms with Crippen LogP contribution in [0.1, 0.15) is 41.9 Å². The standard InChI is InChI=1S/C32H33ClF3N5O5/c1-19(2)27(28(42)32(34,35)36)40-30(44)26-15-23(46-18-20-7-4-3-5-8-20)17-41(26)31(45)24(14-21-9-6-10-22(33)13-21)39-29(43)25-16-37-11-12-38-25/h3-13,16,19,23-24,26-27H,14-15,17-18H2,1-2H3,(H,39,43)(H,40,44)/t23-,24?,26+,27?/m1/s1. The molecule has 0 spiro atoms. The second-order valence-corrected chi connectivity index (χ2v) is 11.6. The minimum Gasteiger partial charge on any atom is -0.372 e. The Bertz CT molecular complexity index is 1530. The van der Waals surface area contributed by atoms with E-state index in [1.54, 1.807) is 24.3 Å². The van der Waals surface area contributed by atoms with Crippen molar-refractivity contribution in [2.24, 2.45) is 5.92 Å². The number of hydrogen-bond donors (Lipinski definition) is 2. The van der Waals surface area contributed by atoms with E-state index in [4.69, 9.17) is 16.3 Å². The number of aromatic nitrogens is 2. The predicted octanol–water partition coefficient (Wildman–Crippen LogP) is 3.93. The number of ether oxygens (including phenoxy) is 1. The van der Waals surface area contributed by atoms with Crippen LogP contribution in [0.4, 0.5) is 13.2 Å². The van der Waals surface area contributed by atoms with E-state index in [1.807, 2.05) is 30.3 Å². The molecule has 0 aliphatic carbocycles. The molecule has 4 rings (SSSR count). The van der Waals surface area contributed by atoms with E-state index in [1.165, 1.54) is 37.3 Å². The third-order valence-corrected chi connectivity index (χ3v) is 7.67. The Morgan fingerprint density at radius 2 is 1.74 bits per heavy atom. The van der Waals surface area contributed by atoms with Crippen LogP contribution in [0.2, 0.25) is 5.02 Å². The Labute approximate surface area is 268 Å². The summed E-state index contributed by atoms with van der Waals surface area (Å²) in [6.45, 7) is 2.80. The van der Waals surface area contributed by atoms with Gasteiger partial charge in [0.15, 0.2) is 0 Å². The zero-order valence-electron chi connectivity index (χ0n) is 25.0. The zero-order chi connectivity index (χ0) is 33.4. The first-order valence-corrected chi connectivity index (χ1v) is 14.9. The minimum atomic E-state index is -5.18. The molecule has 1 fully saturated rings. The van der Waals surface area contributed by atoms with E-state index in [0.29, 0.717) is 10.6 Å². The maximum absolute atomic E-state index is 14.2. The number of likely N-dealkylation sites (tertiary alicyclic amines) is 1. The summed E-state index contributed by atoms with van der Waals surface area (Å²) < 4.78 is 46.1. The van der Waals surface area contributed by atoms with Gasteiger partial charge in [-0.15, -0.1) is 0 Å². The quantitative estimate of drug-likeness (QED) is 0.301. The lowest BCUT2D eigenvalue weighted by Crippen LogP contribution is -2.57. The number of alkyl halides is 3.